The van der Waals surface area contributed by atoms with Crippen molar-refractivity contribution in [2.75, 3.05) is 12.9 Å². The molecule has 0 amide bonds. The van der Waals surface area contributed by atoms with Crippen LogP contribution in [0.15, 0.2) is 58.1 Å². The molecule has 178 valence electrons. The zero-order valence-electron chi connectivity index (χ0n) is 19.1. The molecule has 1 aromatic carbocycles. The number of nitriles is 2. The number of methoxy groups -OCH3 is 1. The van der Waals surface area contributed by atoms with Gasteiger partial charge in [-0.15, -0.1) is 0 Å². The number of nitrogens with two attached hydrogens (primary N) is 1. The molecule has 1 atom stereocenters. The molecule has 2 N–H and O–H groups in total. The predicted molar refractivity (Wildman–Crippen MR) is 127 cm³/mol. The quantitative estimate of drug-likeness (QED) is 0.372. The summed E-state index contributed by atoms with van der Waals surface area (Å²) in [6, 6.07) is 11.9. The van der Waals surface area contributed by atoms with E-state index in [1.807, 2.05) is 12.1 Å². The van der Waals surface area contributed by atoms with Gasteiger partial charge >= 0.3 is 5.97 Å². The molecule has 1 aromatic heterocycles. The Morgan fingerprint density at radius 2 is 2.03 bits per heavy atom. The maximum atomic E-state index is 14.8. The number of hydrogen-bond donors (Lipinski definition) is 1. The molecule has 1 unspecified atom stereocenters. The number of hydrogen-bond acceptors (Lipinski definition) is 8. The smallest absolute Gasteiger partial charge is 0.338 e. The maximum Gasteiger partial charge on any atom is 0.338 e. The molecular formula is C26H23FN4O3S. The van der Waals surface area contributed by atoms with Crippen molar-refractivity contribution in [3.8, 4) is 12.1 Å². The summed E-state index contributed by atoms with van der Waals surface area (Å²) in [6.45, 7) is 0. The van der Waals surface area contributed by atoms with Gasteiger partial charge in [-0.1, -0.05) is 36.4 Å². The van der Waals surface area contributed by atoms with Gasteiger partial charge in [-0.25, -0.2) is 14.2 Å². The van der Waals surface area contributed by atoms with Crippen molar-refractivity contribution in [2.24, 2.45) is 5.73 Å². The van der Waals surface area contributed by atoms with E-state index in [9.17, 15) is 19.7 Å². The third-order valence-electron chi connectivity index (χ3n) is 6.09. The van der Waals surface area contributed by atoms with Crippen molar-refractivity contribution in [3.63, 3.8) is 0 Å². The summed E-state index contributed by atoms with van der Waals surface area (Å²) < 4.78 is 25.5. The van der Waals surface area contributed by atoms with Crippen LogP contribution in [0, 0.1) is 28.5 Å². The summed E-state index contributed by atoms with van der Waals surface area (Å²) in [7, 11) is 1.20. The first-order chi connectivity index (χ1) is 17.0. The number of nitrogens with zero attached hydrogens (tertiary/aromatic N) is 3. The maximum absolute atomic E-state index is 14.8. The second-order valence-corrected chi connectivity index (χ2v) is 9.15. The normalized spacial score (nSPS) is 17.5. The van der Waals surface area contributed by atoms with Crippen LogP contribution >= 0.6 is 11.8 Å². The van der Waals surface area contributed by atoms with Gasteiger partial charge in [0.2, 0.25) is 5.88 Å². The Balaban J connectivity index is 1.76. The van der Waals surface area contributed by atoms with Crippen LogP contribution in [-0.2, 0) is 27.1 Å². The van der Waals surface area contributed by atoms with Crippen molar-refractivity contribution >= 4 is 17.7 Å². The third-order valence-corrected chi connectivity index (χ3v) is 7.09. The van der Waals surface area contributed by atoms with Crippen LogP contribution in [0.2, 0.25) is 0 Å². The van der Waals surface area contributed by atoms with E-state index in [0.717, 1.165) is 43.4 Å². The van der Waals surface area contributed by atoms with Gasteiger partial charge in [0.25, 0.3) is 0 Å². The van der Waals surface area contributed by atoms with Crippen LogP contribution in [-0.4, -0.2) is 23.8 Å². The number of aryl methyl sites for hydroxylation is 2. The highest BCUT2D eigenvalue weighted by Gasteiger charge is 2.38. The number of carbonyl (C=O) groups excluding carboxylic acids is 1. The minimum absolute atomic E-state index is 0.0101. The fourth-order valence-corrected chi connectivity index (χ4v) is 5.31. The Morgan fingerprint density at radius 1 is 1.26 bits per heavy atom. The second-order valence-electron chi connectivity index (χ2n) is 8.18. The standard InChI is InChI=1S/C26H23FN4O3S/c1-33-26(32)23-21(34-24(30)18(13-29)22(23)17-8-5-6-9-19(17)27)14-35-25-16(12-28)11-15-7-3-2-4-10-20(15)31-25/h5-6,8-9,11,22H,2-4,7,10,14,30H2,1H3. The van der Waals surface area contributed by atoms with Gasteiger partial charge in [0.05, 0.1) is 29.9 Å². The average molecular weight is 491 g/mol. The monoisotopic (exact) mass is 490 g/mol. The van der Waals surface area contributed by atoms with Crippen LogP contribution in [0.3, 0.4) is 0 Å². The third kappa shape index (κ3) is 4.87. The molecule has 0 bridgehead atoms. The first kappa shape index (κ1) is 24.3. The summed E-state index contributed by atoms with van der Waals surface area (Å²) >= 11 is 1.22. The molecule has 2 heterocycles. The number of halogens is 1. The van der Waals surface area contributed by atoms with Crippen LogP contribution in [0.1, 0.15) is 47.6 Å². The largest absolute Gasteiger partial charge is 0.466 e. The topological polar surface area (TPSA) is 122 Å². The lowest BCUT2D eigenvalue weighted by atomic mass is 9.83. The van der Waals surface area contributed by atoms with Crippen molar-refractivity contribution < 1.29 is 18.7 Å². The van der Waals surface area contributed by atoms with E-state index >= 15 is 0 Å². The first-order valence-electron chi connectivity index (χ1n) is 11.2. The van der Waals surface area contributed by atoms with Gasteiger partial charge in [-0.3, -0.25) is 0 Å². The minimum Gasteiger partial charge on any atom is -0.466 e. The lowest BCUT2D eigenvalue weighted by Crippen LogP contribution is -2.27. The van der Waals surface area contributed by atoms with E-state index in [2.05, 4.69) is 6.07 Å². The number of pyridine rings is 1. The predicted octanol–water partition coefficient (Wildman–Crippen LogP) is 4.39. The number of carbonyl (C=O) groups is 1. The highest BCUT2D eigenvalue weighted by Crippen LogP contribution is 2.42. The Kier molecular flexibility index (Phi) is 7.38. The van der Waals surface area contributed by atoms with Gasteiger partial charge in [0.15, 0.2) is 0 Å². The summed E-state index contributed by atoms with van der Waals surface area (Å²) in [5.74, 6) is -2.44. The molecule has 2 aromatic rings. The molecule has 0 saturated heterocycles. The number of benzene rings is 1. The Morgan fingerprint density at radius 3 is 2.74 bits per heavy atom. The zero-order valence-corrected chi connectivity index (χ0v) is 20.0. The number of allylic oxidation sites excluding steroid dienone is 1. The van der Waals surface area contributed by atoms with E-state index in [-0.39, 0.29) is 34.1 Å². The van der Waals surface area contributed by atoms with Crippen LogP contribution < -0.4 is 5.73 Å². The zero-order chi connectivity index (χ0) is 24.9. The number of fused-ring (bicyclic) bond motifs is 1. The van der Waals surface area contributed by atoms with E-state index in [1.165, 1.54) is 37.1 Å². The number of rotatable bonds is 5. The SMILES string of the molecule is COC(=O)C1=C(CSc2nc3c(cc2C#N)CCCCC3)OC(N)=C(C#N)C1c1ccccc1F. The van der Waals surface area contributed by atoms with Crippen LogP contribution in [0.25, 0.3) is 0 Å². The molecule has 0 radical (unpaired) electrons. The summed E-state index contributed by atoms with van der Waals surface area (Å²) in [6.07, 6.45) is 4.97. The molecule has 7 nitrogen and oxygen atoms in total. The van der Waals surface area contributed by atoms with Gasteiger partial charge in [0, 0.05) is 11.3 Å². The number of esters is 1. The Labute approximate surface area is 207 Å². The molecule has 9 heteroatoms. The Bertz CT molecular complexity index is 1320. The fraction of sp³-hybridized carbons (Fsp3) is 0.308. The summed E-state index contributed by atoms with van der Waals surface area (Å²) in [5, 5.41) is 20.0. The summed E-state index contributed by atoms with van der Waals surface area (Å²) in [5.41, 5.74) is 8.58. The first-order valence-corrected chi connectivity index (χ1v) is 12.2. The molecule has 0 saturated carbocycles. The molecule has 0 spiro atoms. The van der Waals surface area contributed by atoms with Gasteiger partial charge < -0.3 is 15.2 Å². The highest BCUT2D eigenvalue weighted by atomic mass is 32.2. The molecule has 0 fully saturated rings. The molecule has 1 aliphatic carbocycles. The van der Waals surface area contributed by atoms with E-state index in [0.29, 0.717) is 10.6 Å². The molecular weight excluding hydrogens is 467 g/mol. The lowest BCUT2D eigenvalue weighted by molar-refractivity contribution is -0.136. The lowest BCUT2D eigenvalue weighted by Gasteiger charge is -2.28. The molecule has 35 heavy (non-hydrogen) atoms. The van der Waals surface area contributed by atoms with Crippen molar-refractivity contribution in [1.29, 1.82) is 10.5 Å². The van der Waals surface area contributed by atoms with Crippen molar-refractivity contribution in [2.45, 2.75) is 43.0 Å². The molecule has 2 aliphatic rings. The number of ether oxygens (including phenoxy) is 2. The van der Waals surface area contributed by atoms with Crippen molar-refractivity contribution in [1.82, 2.24) is 4.98 Å². The van der Waals surface area contributed by atoms with Gasteiger partial charge in [-0.05, 0) is 43.4 Å². The fourth-order valence-electron chi connectivity index (χ4n) is 4.39. The van der Waals surface area contributed by atoms with Gasteiger partial charge in [0.1, 0.15) is 34.3 Å². The van der Waals surface area contributed by atoms with E-state index in [4.69, 9.17) is 20.2 Å². The highest BCUT2D eigenvalue weighted by molar-refractivity contribution is 7.99. The second kappa shape index (κ2) is 10.6. The number of thioether (sulfide) groups is 1. The van der Waals surface area contributed by atoms with E-state index in [1.54, 1.807) is 6.07 Å². The number of aromatic nitrogens is 1. The van der Waals surface area contributed by atoms with Crippen LogP contribution in [0.5, 0.6) is 0 Å². The molecule has 1 aliphatic heterocycles. The van der Waals surface area contributed by atoms with Crippen molar-refractivity contribution in [3.05, 3.63) is 81.3 Å². The molecule has 4 rings (SSSR count). The van der Waals surface area contributed by atoms with E-state index < -0.39 is 17.7 Å². The Hall–Kier alpha value is -3.82. The average Bonchev–Trinajstić information content (AvgIpc) is 3.11. The summed E-state index contributed by atoms with van der Waals surface area (Å²) in [4.78, 5) is 17.6. The van der Waals surface area contributed by atoms with Crippen LogP contribution in [0.4, 0.5) is 4.39 Å². The van der Waals surface area contributed by atoms with Gasteiger partial charge in [-0.2, -0.15) is 10.5 Å². The minimum atomic E-state index is -1.09.